The van der Waals surface area contributed by atoms with Crippen molar-refractivity contribution in [1.82, 2.24) is 8.94 Å². The standard InChI is InChI=1S/C9H7ClN2OS/c10-8-11-9(13)12(14-8)6-7-4-2-1-3-5-7/h1-5H,6H2. The molecular weight excluding hydrogens is 220 g/mol. The van der Waals surface area contributed by atoms with E-state index in [1.807, 2.05) is 30.3 Å². The van der Waals surface area contributed by atoms with Crippen LogP contribution < -0.4 is 5.69 Å². The van der Waals surface area contributed by atoms with Gasteiger partial charge in [-0.3, -0.25) is 0 Å². The van der Waals surface area contributed by atoms with Crippen LogP contribution in [0.1, 0.15) is 5.56 Å². The Morgan fingerprint density at radius 3 is 2.64 bits per heavy atom. The van der Waals surface area contributed by atoms with Crippen molar-refractivity contribution >= 4 is 23.1 Å². The van der Waals surface area contributed by atoms with Crippen molar-refractivity contribution in [2.75, 3.05) is 0 Å². The molecule has 1 heterocycles. The Morgan fingerprint density at radius 1 is 1.36 bits per heavy atom. The fourth-order valence-electron chi connectivity index (χ4n) is 1.13. The normalized spacial score (nSPS) is 10.4. The van der Waals surface area contributed by atoms with Gasteiger partial charge in [0.15, 0.2) is 0 Å². The zero-order valence-electron chi connectivity index (χ0n) is 7.18. The van der Waals surface area contributed by atoms with Crippen LogP contribution in [0.4, 0.5) is 0 Å². The lowest BCUT2D eigenvalue weighted by atomic mass is 10.2. The molecule has 2 rings (SSSR count). The van der Waals surface area contributed by atoms with Gasteiger partial charge >= 0.3 is 5.69 Å². The van der Waals surface area contributed by atoms with Crippen LogP contribution in [0.2, 0.25) is 4.47 Å². The Labute approximate surface area is 89.7 Å². The molecule has 0 fully saturated rings. The first-order chi connectivity index (χ1) is 6.75. The fourth-order valence-corrected chi connectivity index (χ4v) is 2.09. The Balaban J connectivity index is 2.28. The highest BCUT2D eigenvalue weighted by Gasteiger charge is 2.03. The molecule has 0 N–H and O–H groups in total. The lowest BCUT2D eigenvalue weighted by Gasteiger charge is -1.98. The zero-order valence-corrected chi connectivity index (χ0v) is 8.76. The highest BCUT2D eigenvalue weighted by molar-refractivity contribution is 7.10. The van der Waals surface area contributed by atoms with Gasteiger partial charge in [0.2, 0.25) is 4.47 Å². The monoisotopic (exact) mass is 226 g/mol. The van der Waals surface area contributed by atoms with Crippen molar-refractivity contribution in [3.8, 4) is 0 Å². The number of nitrogens with zero attached hydrogens (tertiary/aromatic N) is 2. The van der Waals surface area contributed by atoms with Crippen LogP contribution in [-0.4, -0.2) is 8.94 Å². The molecule has 72 valence electrons. The Kier molecular flexibility index (Phi) is 2.65. The molecule has 0 aliphatic rings. The van der Waals surface area contributed by atoms with Crippen LogP contribution in [0.3, 0.4) is 0 Å². The van der Waals surface area contributed by atoms with Crippen molar-refractivity contribution in [3.05, 3.63) is 50.8 Å². The van der Waals surface area contributed by atoms with Crippen LogP contribution in [-0.2, 0) is 6.54 Å². The molecule has 1 aromatic carbocycles. The summed E-state index contributed by atoms with van der Waals surface area (Å²) >= 11 is 6.79. The van der Waals surface area contributed by atoms with Crippen molar-refractivity contribution in [2.24, 2.45) is 0 Å². The molecule has 0 spiro atoms. The second-order valence-electron chi connectivity index (χ2n) is 2.76. The third-order valence-corrected chi connectivity index (χ3v) is 2.79. The maximum atomic E-state index is 11.2. The molecule has 0 saturated carbocycles. The molecule has 14 heavy (non-hydrogen) atoms. The van der Waals surface area contributed by atoms with E-state index in [9.17, 15) is 4.79 Å². The predicted octanol–water partition coefficient (Wildman–Crippen LogP) is 2.01. The second kappa shape index (κ2) is 3.94. The predicted molar refractivity (Wildman–Crippen MR) is 56.9 cm³/mol. The number of benzene rings is 1. The zero-order chi connectivity index (χ0) is 9.97. The molecular formula is C9H7ClN2OS. The maximum absolute atomic E-state index is 11.2. The molecule has 0 saturated heterocycles. The van der Waals surface area contributed by atoms with Crippen LogP contribution in [0.15, 0.2) is 35.1 Å². The molecule has 5 heteroatoms. The van der Waals surface area contributed by atoms with E-state index < -0.39 is 0 Å². The molecule has 1 aromatic heterocycles. The van der Waals surface area contributed by atoms with E-state index in [-0.39, 0.29) is 10.2 Å². The van der Waals surface area contributed by atoms with Gasteiger partial charge in [-0.2, -0.15) is 4.98 Å². The smallest absolute Gasteiger partial charge is 0.245 e. The Morgan fingerprint density at radius 2 is 2.07 bits per heavy atom. The molecule has 0 atom stereocenters. The first-order valence-corrected chi connectivity index (χ1v) is 5.18. The number of rotatable bonds is 2. The van der Waals surface area contributed by atoms with E-state index in [4.69, 9.17) is 11.6 Å². The average molecular weight is 227 g/mol. The topological polar surface area (TPSA) is 34.9 Å². The van der Waals surface area contributed by atoms with E-state index in [2.05, 4.69) is 4.98 Å². The first-order valence-electron chi connectivity index (χ1n) is 4.03. The second-order valence-corrected chi connectivity index (χ2v) is 4.35. The summed E-state index contributed by atoms with van der Waals surface area (Å²) in [4.78, 5) is 14.8. The van der Waals surface area contributed by atoms with Gasteiger partial charge in [0.1, 0.15) is 0 Å². The van der Waals surface area contributed by atoms with Gasteiger partial charge in [-0.05, 0) is 28.7 Å². The van der Waals surface area contributed by atoms with E-state index in [0.29, 0.717) is 6.54 Å². The number of halogens is 1. The van der Waals surface area contributed by atoms with Gasteiger partial charge in [-0.1, -0.05) is 30.3 Å². The Bertz CT molecular complexity index is 477. The molecule has 0 amide bonds. The minimum atomic E-state index is -0.288. The lowest BCUT2D eigenvalue weighted by molar-refractivity contribution is 0.823. The summed E-state index contributed by atoms with van der Waals surface area (Å²) in [6.45, 7) is 0.532. The maximum Gasteiger partial charge on any atom is 0.359 e. The third kappa shape index (κ3) is 2.02. The van der Waals surface area contributed by atoms with Gasteiger partial charge in [-0.15, -0.1) is 0 Å². The number of hydrogen-bond donors (Lipinski definition) is 0. The van der Waals surface area contributed by atoms with E-state index in [1.165, 1.54) is 15.5 Å². The average Bonchev–Trinajstić information content (AvgIpc) is 2.47. The molecule has 0 aliphatic heterocycles. The van der Waals surface area contributed by atoms with Crippen molar-refractivity contribution in [3.63, 3.8) is 0 Å². The van der Waals surface area contributed by atoms with Crippen LogP contribution in [0.25, 0.3) is 0 Å². The Hall–Kier alpha value is -1.13. The lowest BCUT2D eigenvalue weighted by Crippen LogP contribution is -2.15. The van der Waals surface area contributed by atoms with E-state index in [0.717, 1.165) is 5.56 Å². The van der Waals surface area contributed by atoms with Crippen LogP contribution >= 0.6 is 23.1 Å². The number of aromatic nitrogens is 2. The summed E-state index contributed by atoms with van der Waals surface area (Å²) in [5.41, 5.74) is 0.777. The van der Waals surface area contributed by atoms with Gasteiger partial charge in [0, 0.05) is 0 Å². The molecule has 0 aliphatic carbocycles. The van der Waals surface area contributed by atoms with Crippen molar-refractivity contribution in [1.29, 1.82) is 0 Å². The highest BCUT2D eigenvalue weighted by Crippen LogP contribution is 2.10. The minimum absolute atomic E-state index is 0.283. The summed E-state index contributed by atoms with van der Waals surface area (Å²) in [5, 5.41) is 0. The summed E-state index contributed by atoms with van der Waals surface area (Å²) in [6.07, 6.45) is 0. The van der Waals surface area contributed by atoms with Gasteiger partial charge < -0.3 is 0 Å². The van der Waals surface area contributed by atoms with Gasteiger partial charge in [-0.25, -0.2) is 8.75 Å². The van der Waals surface area contributed by atoms with Crippen LogP contribution in [0.5, 0.6) is 0 Å². The largest absolute Gasteiger partial charge is 0.359 e. The summed E-state index contributed by atoms with van der Waals surface area (Å²) in [7, 11) is 0. The van der Waals surface area contributed by atoms with Gasteiger partial charge in [0.05, 0.1) is 6.54 Å². The van der Waals surface area contributed by atoms with Crippen molar-refractivity contribution in [2.45, 2.75) is 6.54 Å². The minimum Gasteiger partial charge on any atom is -0.245 e. The highest BCUT2D eigenvalue weighted by atomic mass is 35.5. The molecule has 0 unspecified atom stereocenters. The third-order valence-electron chi connectivity index (χ3n) is 1.75. The van der Waals surface area contributed by atoms with E-state index in [1.54, 1.807) is 0 Å². The SMILES string of the molecule is O=c1nc(Cl)sn1Cc1ccccc1. The number of hydrogen-bond acceptors (Lipinski definition) is 3. The molecule has 0 radical (unpaired) electrons. The fraction of sp³-hybridized carbons (Fsp3) is 0.111. The molecule has 0 bridgehead atoms. The first kappa shape index (κ1) is 9.43. The van der Waals surface area contributed by atoms with E-state index >= 15 is 0 Å². The molecule has 2 aromatic rings. The van der Waals surface area contributed by atoms with Gasteiger partial charge in [0.25, 0.3) is 0 Å². The molecule has 3 nitrogen and oxygen atoms in total. The summed E-state index contributed by atoms with van der Waals surface area (Å²) < 4.78 is 1.81. The van der Waals surface area contributed by atoms with Crippen molar-refractivity contribution < 1.29 is 0 Å². The quantitative estimate of drug-likeness (QED) is 0.785. The summed E-state index contributed by atoms with van der Waals surface area (Å²) in [5.74, 6) is 0. The summed E-state index contributed by atoms with van der Waals surface area (Å²) in [6, 6.07) is 9.72. The van der Waals surface area contributed by atoms with Crippen LogP contribution in [0, 0.1) is 0 Å².